The third-order valence-electron chi connectivity index (χ3n) is 4.97. The van der Waals surface area contributed by atoms with Crippen molar-refractivity contribution < 1.29 is 9.59 Å². The lowest BCUT2D eigenvalue weighted by molar-refractivity contribution is -0.118. The van der Waals surface area contributed by atoms with E-state index in [9.17, 15) is 9.59 Å². The van der Waals surface area contributed by atoms with Gasteiger partial charge in [-0.2, -0.15) is 0 Å². The predicted octanol–water partition coefficient (Wildman–Crippen LogP) is 5.40. The Balaban J connectivity index is 1.54. The van der Waals surface area contributed by atoms with Crippen molar-refractivity contribution in [2.75, 3.05) is 10.2 Å². The van der Waals surface area contributed by atoms with E-state index in [-0.39, 0.29) is 17.9 Å². The molecule has 1 aliphatic heterocycles. The molecule has 148 valence electrons. The van der Waals surface area contributed by atoms with Gasteiger partial charge >= 0.3 is 0 Å². The summed E-state index contributed by atoms with van der Waals surface area (Å²) in [6, 6.07) is 13.0. The van der Waals surface area contributed by atoms with E-state index in [1.165, 1.54) is 11.3 Å². The zero-order valence-electron chi connectivity index (χ0n) is 16.1. The number of halogens is 1. The van der Waals surface area contributed by atoms with Gasteiger partial charge in [-0.15, -0.1) is 11.3 Å². The summed E-state index contributed by atoms with van der Waals surface area (Å²) in [6.07, 6.45) is 1.32. The molecule has 0 fully saturated rings. The van der Waals surface area contributed by atoms with Crippen LogP contribution in [-0.4, -0.2) is 22.8 Å². The molecule has 1 atom stereocenters. The van der Waals surface area contributed by atoms with Crippen LogP contribution in [0.1, 0.15) is 36.2 Å². The molecule has 0 spiro atoms. The number of amides is 2. The van der Waals surface area contributed by atoms with Crippen molar-refractivity contribution in [3.05, 3.63) is 64.0 Å². The first kappa shape index (κ1) is 19.6. The van der Waals surface area contributed by atoms with Crippen LogP contribution in [0.25, 0.3) is 11.3 Å². The van der Waals surface area contributed by atoms with Crippen LogP contribution < -0.4 is 10.2 Å². The number of benzene rings is 2. The molecule has 0 saturated carbocycles. The lowest BCUT2D eigenvalue weighted by Crippen LogP contribution is -2.35. The lowest BCUT2D eigenvalue weighted by atomic mass is 10.1. The molecular weight excluding hydrogens is 406 g/mol. The zero-order valence-corrected chi connectivity index (χ0v) is 17.7. The van der Waals surface area contributed by atoms with E-state index in [4.69, 9.17) is 11.6 Å². The van der Waals surface area contributed by atoms with Crippen LogP contribution in [-0.2, 0) is 11.2 Å². The Morgan fingerprint density at radius 2 is 2.10 bits per heavy atom. The quantitative estimate of drug-likeness (QED) is 0.608. The number of hydrogen-bond acceptors (Lipinski definition) is 4. The molecule has 2 aromatic carbocycles. The highest BCUT2D eigenvalue weighted by molar-refractivity contribution is 7.14. The highest BCUT2D eigenvalue weighted by Gasteiger charge is 2.30. The number of carbonyl (C=O) groups is 2. The van der Waals surface area contributed by atoms with Crippen molar-refractivity contribution in [2.45, 2.75) is 32.7 Å². The molecule has 1 unspecified atom stereocenters. The molecular formula is C22H20ClN3O2S. The van der Waals surface area contributed by atoms with Crippen LogP contribution in [0.3, 0.4) is 0 Å². The minimum Gasteiger partial charge on any atom is -0.309 e. The zero-order chi connectivity index (χ0) is 20.5. The van der Waals surface area contributed by atoms with Gasteiger partial charge in [0.05, 0.1) is 5.69 Å². The van der Waals surface area contributed by atoms with E-state index < -0.39 is 0 Å². The van der Waals surface area contributed by atoms with E-state index >= 15 is 0 Å². The topological polar surface area (TPSA) is 62.3 Å². The van der Waals surface area contributed by atoms with E-state index in [0.29, 0.717) is 22.1 Å². The average Bonchev–Trinajstić information content (AvgIpc) is 3.30. The summed E-state index contributed by atoms with van der Waals surface area (Å²) < 4.78 is 0. The number of fused-ring (bicyclic) bond motifs is 1. The van der Waals surface area contributed by atoms with Crippen molar-refractivity contribution in [1.82, 2.24) is 4.98 Å². The van der Waals surface area contributed by atoms with Gasteiger partial charge < -0.3 is 4.90 Å². The molecule has 4 rings (SSSR count). The fraction of sp³-hybridized carbons (Fsp3) is 0.227. The van der Waals surface area contributed by atoms with Gasteiger partial charge in [0.15, 0.2) is 5.13 Å². The monoisotopic (exact) mass is 425 g/mol. The first-order valence-electron chi connectivity index (χ1n) is 9.44. The molecule has 1 aliphatic rings. The minimum absolute atomic E-state index is 0.142. The normalized spacial score (nSPS) is 15.3. The molecule has 0 saturated heterocycles. The van der Waals surface area contributed by atoms with Gasteiger partial charge in [-0.3, -0.25) is 14.9 Å². The average molecular weight is 426 g/mol. The van der Waals surface area contributed by atoms with Crippen molar-refractivity contribution >= 4 is 45.6 Å². The molecule has 3 aromatic rings. The largest absolute Gasteiger partial charge is 0.309 e. The van der Waals surface area contributed by atoms with Crippen LogP contribution in [0.15, 0.2) is 47.8 Å². The highest BCUT2D eigenvalue weighted by atomic mass is 35.5. The van der Waals surface area contributed by atoms with E-state index in [1.54, 1.807) is 24.3 Å². The van der Waals surface area contributed by atoms with E-state index in [1.807, 2.05) is 29.3 Å². The van der Waals surface area contributed by atoms with Gasteiger partial charge in [-0.1, -0.05) is 30.7 Å². The molecule has 2 heterocycles. The molecule has 29 heavy (non-hydrogen) atoms. The molecule has 0 bridgehead atoms. The Labute approximate surface area is 178 Å². The van der Waals surface area contributed by atoms with E-state index in [2.05, 4.69) is 23.3 Å². The van der Waals surface area contributed by atoms with Crippen LogP contribution in [0.4, 0.5) is 10.8 Å². The van der Waals surface area contributed by atoms with Crippen LogP contribution >= 0.6 is 22.9 Å². The first-order chi connectivity index (χ1) is 14.0. The first-order valence-corrected chi connectivity index (χ1v) is 10.7. The van der Waals surface area contributed by atoms with Gasteiger partial charge in [-0.05, 0) is 49.2 Å². The van der Waals surface area contributed by atoms with Crippen LogP contribution in [0.5, 0.6) is 0 Å². The van der Waals surface area contributed by atoms with Crippen LogP contribution in [0, 0.1) is 0 Å². The summed E-state index contributed by atoms with van der Waals surface area (Å²) in [7, 11) is 0. The molecule has 5 nitrogen and oxygen atoms in total. The number of aromatic nitrogens is 1. The van der Waals surface area contributed by atoms with Crippen molar-refractivity contribution in [3.8, 4) is 11.3 Å². The van der Waals surface area contributed by atoms with E-state index in [0.717, 1.165) is 28.9 Å². The second kappa shape index (κ2) is 7.97. The number of rotatable bonds is 4. The minimum atomic E-state index is -0.245. The smallest absolute Gasteiger partial charge is 0.257 e. The number of anilines is 2. The fourth-order valence-corrected chi connectivity index (χ4v) is 4.51. The van der Waals surface area contributed by atoms with Gasteiger partial charge in [-0.25, -0.2) is 4.98 Å². The standard InChI is InChI=1S/C22H20ClN3O2S/c1-3-20(27)26-13(2)9-16-10-14(7-8-19(16)26)18-12-29-22(24-18)25-21(28)15-5-4-6-17(23)11-15/h4-8,10-13H,3,9H2,1-2H3,(H,24,25,28). The molecule has 7 heteroatoms. The summed E-state index contributed by atoms with van der Waals surface area (Å²) in [5.41, 5.74) is 4.39. The predicted molar refractivity (Wildman–Crippen MR) is 118 cm³/mol. The third-order valence-corrected chi connectivity index (χ3v) is 5.97. The Kier molecular flexibility index (Phi) is 5.39. The Hall–Kier alpha value is -2.70. The molecule has 0 radical (unpaired) electrons. The van der Waals surface area contributed by atoms with Gasteiger partial charge in [0.2, 0.25) is 5.91 Å². The van der Waals surface area contributed by atoms with Gasteiger partial charge in [0.1, 0.15) is 0 Å². The Bertz CT molecular complexity index is 1100. The summed E-state index contributed by atoms with van der Waals surface area (Å²) in [6.45, 7) is 3.95. The maximum absolute atomic E-state index is 12.4. The molecule has 1 aromatic heterocycles. The second-order valence-electron chi connectivity index (χ2n) is 7.02. The van der Waals surface area contributed by atoms with Crippen molar-refractivity contribution in [1.29, 1.82) is 0 Å². The number of carbonyl (C=O) groups excluding carboxylic acids is 2. The SMILES string of the molecule is CCC(=O)N1c2ccc(-c3csc(NC(=O)c4cccc(Cl)c4)n3)cc2CC1C. The van der Waals surface area contributed by atoms with Gasteiger partial charge in [0, 0.05) is 39.7 Å². The lowest BCUT2D eigenvalue weighted by Gasteiger charge is -2.22. The number of nitrogens with zero attached hydrogens (tertiary/aromatic N) is 2. The third kappa shape index (κ3) is 3.91. The Morgan fingerprint density at radius 1 is 1.28 bits per heavy atom. The van der Waals surface area contributed by atoms with Crippen LogP contribution in [0.2, 0.25) is 5.02 Å². The summed E-state index contributed by atoms with van der Waals surface area (Å²) in [5.74, 6) is -0.103. The number of hydrogen-bond donors (Lipinski definition) is 1. The maximum Gasteiger partial charge on any atom is 0.257 e. The maximum atomic E-state index is 12.4. The number of thiazole rings is 1. The summed E-state index contributed by atoms with van der Waals surface area (Å²) in [5, 5.41) is 5.78. The summed E-state index contributed by atoms with van der Waals surface area (Å²) >= 11 is 7.33. The summed E-state index contributed by atoms with van der Waals surface area (Å²) in [4.78, 5) is 31.1. The van der Waals surface area contributed by atoms with Crippen molar-refractivity contribution in [3.63, 3.8) is 0 Å². The number of nitrogens with one attached hydrogen (secondary N) is 1. The molecule has 2 amide bonds. The van der Waals surface area contributed by atoms with Gasteiger partial charge in [0.25, 0.3) is 5.91 Å². The second-order valence-corrected chi connectivity index (χ2v) is 8.31. The van der Waals surface area contributed by atoms with Crippen molar-refractivity contribution in [2.24, 2.45) is 0 Å². The molecule has 1 N–H and O–H groups in total. The highest BCUT2D eigenvalue weighted by Crippen LogP contribution is 2.36. The Morgan fingerprint density at radius 3 is 2.86 bits per heavy atom. The fourth-order valence-electron chi connectivity index (χ4n) is 3.60. The molecule has 0 aliphatic carbocycles.